The first-order valence-corrected chi connectivity index (χ1v) is 3.28. The molecule has 1 N–H and O–H groups in total. The van der Waals surface area contributed by atoms with Crippen LogP contribution < -0.4 is 5.32 Å². The van der Waals surface area contributed by atoms with E-state index in [4.69, 9.17) is 0 Å². The highest BCUT2D eigenvalue weighted by Crippen LogP contribution is 1.87. The number of nitrogens with one attached hydrogen (secondary N) is 1. The van der Waals surface area contributed by atoms with Crippen LogP contribution in [0.25, 0.3) is 0 Å². The molecule has 0 aliphatic rings. The second-order valence-electron chi connectivity index (χ2n) is 2.08. The maximum absolute atomic E-state index is 10.4. The molecule has 60 valence electrons. The third-order valence-corrected chi connectivity index (χ3v) is 1.13. The Bertz CT molecular complexity index is 220. The van der Waals surface area contributed by atoms with E-state index in [0.29, 0.717) is 18.8 Å². The van der Waals surface area contributed by atoms with Gasteiger partial charge in [-0.3, -0.25) is 4.79 Å². The van der Waals surface area contributed by atoms with Crippen molar-refractivity contribution in [1.82, 2.24) is 15.5 Å². The summed E-state index contributed by atoms with van der Waals surface area (Å²) in [6.07, 6.45) is 1.87. The molecule has 5 nitrogen and oxygen atoms in total. The molecule has 0 bridgehead atoms. The number of nitrogens with zero attached hydrogens (tertiary/aromatic N) is 2. The van der Waals surface area contributed by atoms with Gasteiger partial charge in [-0.1, -0.05) is 5.16 Å². The van der Waals surface area contributed by atoms with E-state index in [1.54, 1.807) is 0 Å². The summed E-state index contributed by atoms with van der Waals surface area (Å²) in [6.45, 7) is 2.02. The van der Waals surface area contributed by atoms with E-state index in [1.807, 2.05) is 0 Å². The van der Waals surface area contributed by atoms with E-state index in [9.17, 15) is 4.79 Å². The lowest BCUT2D eigenvalue weighted by Gasteiger charge is -1.96. The van der Waals surface area contributed by atoms with E-state index < -0.39 is 0 Å². The predicted molar refractivity (Wildman–Crippen MR) is 36.7 cm³/mol. The molecule has 0 aromatic carbocycles. The number of amides is 1. The quantitative estimate of drug-likeness (QED) is 0.653. The molecule has 0 saturated carbocycles. The Hall–Kier alpha value is -1.39. The van der Waals surface area contributed by atoms with Crippen LogP contribution in [0, 0.1) is 0 Å². The van der Waals surface area contributed by atoms with Gasteiger partial charge in [0.25, 0.3) is 0 Å². The summed E-state index contributed by atoms with van der Waals surface area (Å²) in [5, 5.41) is 6.20. The summed E-state index contributed by atoms with van der Waals surface area (Å²) < 4.78 is 4.50. The fourth-order valence-corrected chi connectivity index (χ4v) is 0.653. The zero-order valence-corrected chi connectivity index (χ0v) is 6.20. The number of rotatable bonds is 3. The van der Waals surface area contributed by atoms with Crippen molar-refractivity contribution in [2.24, 2.45) is 0 Å². The maximum Gasteiger partial charge on any atom is 0.216 e. The van der Waals surface area contributed by atoms with Gasteiger partial charge in [-0.15, -0.1) is 0 Å². The Balaban J connectivity index is 2.19. The van der Waals surface area contributed by atoms with Crippen molar-refractivity contribution in [3.05, 3.63) is 12.2 Å². The summed E-state index contributed by atoms with van der Waals surface area (Å²) in [5.41, 5.74) is 0. The molecular weight excluding hydrogens is 146 g/mol. The fraction of sp³-hybridized carbons (Fsp3) is 0.500. The van der Waals surface area contributed by atoms with E-state index in [2.05, 4.69) is 20.0 Å². The normalized spacial score (nSPS) is 9.55. The maximum atomic E-state index is 10.4. The minimum absolute atomic E-state index is 0.0477. The first-order valence-electron chi connectivity index (χ1n) is 3.28. The molecule has 0 atom stereocenters. The average molecular weight is 155 g/mol. The van der Waals surface area contributed by atoms with Crippen LogP contribution in [0.3, 0.4) is 0 Å². The minimum atomic E-state index is -0.0477. The van der Waals surface area contributed by atoms with Crippen LogP contribution in [0.5, 0.6) is 0 Å². The summed E-state index contributed by atoms with van der Waals surface area (Å²) in [5.74, 6) is 0.562. The smallest absolute Gasteiger partial charge is 0.216 e. The third kappa shape index (κ3) is 2.79. The Kier molecular flexibility index (Phi) is 2.59. The van der Waals surface area contributed by atoms with Gasteiger partial charge >= 0.3 is 0 Å². The van der Waals surface area contributed by atoms with Crippen molar-refractivity contribution in [1.29, 1.82) is 0 Å². The molecule has 1 heterocycles. The average Bonchev–Trinajstić information content (AvgIpc) is 2.39. The molecule has 0 fully saturated rings. The van der Waals surface area contributed by atoms with Gasteiger partial charge in [0.2, 0.25) is 12.3 Å². The highest BCUT2D eigenvalue weighted by molar-refractivity contribution is 5.72. The highest BCUT2D eigenvalue weighted by atomic mass is 16.5. The standard InChI is InChI=1S/C6H9N3O2/c1-5(10)7-3-2-6-8-4-11-9-6/h4H,2-3H2,1H3,(H,7,10). The Morgan fingerprint density at radius 3 is 3.18 bits per heavy atom. The number of carbonyl (C=O) groups is 1. The number of aromatic nitrogens is 2. The van der Waals surface area contributed by atoms with Crippen LogP contribution in [0.2, 0.25) is 0 Å². The van der Waals surface area contributed by atoms with E-state index in [0.717, 1.165) is 0 Å². The van der Waals surface area contributed by atoms with Gasteiger partial charge in [-0.25, -0.2) is 0 Å². The van der Waals surface area contributed by atoms with Gasteiger partial charge in [0.15, 0.2) is 5.82 Å². The van der Waals surface area contributed by atoms with E-state index in [-0.39, 0.29) is 5.91 Å². The number of hydrogen-bond acceptors (Lipinski definition) is 4. The van der Waals surface area contributed by atoms with Crippen LogP contribution >= 0.6 is 0 Å². The lowest BCUT2D eigenvalue weighted by molar-refractivity contribution is -0.118. The zero-order valence-electron chi connectivity index (χ0n) is 6.20. The van der Waals surface area contributed by atoms with Crippen molar-refractivity contribution in [3.8, 4) is 0 Å². The monoisotopic (exact) mass is 155 g/mol. The molecule has 0 radical (unpaired) electrons. The third-order valence-electron chi connectivity index (χ3n) is 1.13. The minimum Gasteiger partial charge on any atom is -0.356 e. The first-order chi connectivity index (χ1) is 5.29. The van der Waals surface area contributed by atoms with Gasteiger partial charge in [-0.05, 0) is 0 Å². The second-order valence-corrected chi connectivity index (χ2v) is 2.08. The van der Waals surface area contributed by atoms with Gasteiger partial charge < -0.3 is 9.84 Å². The lowest BCUT2D eigenvalue weighted by atomic mass is 10.4. The topological polar surface area (TPSA) is 68.0 Å². The van der Waals surface area contributed by atoms with Crippen LogP contribution in [0.1, 0.15) is 12.7 Å². The number of hydrogen-bond donors (Lipinski definition) is 1. The van der Waals surface area contributed by atoms with E-state index >= 15 is 0 Å². The van der Waals surface area contributed by atoms with Crippen LogP contribution in [0.4, 0.5) is 0 Å². The highest BCUT2D eigenvalue weighted by Gasteiger charge is 1.97. The van der Waals surface area contributed by atoms with Gasteiger partial charge in [0, 0.05) is 19.9 Å². The first kappa shape index (κ1) is 7.71. The SMILES string of the molecule is CC(=O)NCCc1ncon1. The van der Waals surface area contributed by atoms with Gasteiger partial charge in [0.05, 0.1) is 0 Å². The summed E-state index contributed by atoms with van der Waals surface area (Å²) in [6, 6.07) is 0. The zero-order chi connectivity index (χ0) is 8.10. The molecular formula is C6H9N3O2. The van der Waals surface area contributed by atoms with Crippen molar-refractivity contribution in [2.75, 3.05) is 6.54 Å². The molecule has 0 saturated heterocycles. The molecule has 1 aromatic heterocycles. The predicted octanol–water partition coefficient (Wildman–Crippen LogP) is -0.252. The Morgan fingerprint density at radius 2 is 2.64 bits per heavy atom. The molecule has 5 heteroatoms. The largest absolute Gasteiger partial charge is 0.356 e. The molecule has 1 amide bonds. The van der Waals surface area contributed by atoms with Crippen molar-refractivity contribution < 1.29 is 9.32 Å². The summed E-state index contributed by atoms with van der Waals surface area (Å²) >= 11 is 0. The van der Waals surface area contributed by atoms with E-state index in [1.165, 1.54) is 13.3 Å². The molecule has 0 spiro atoms. The molecule has 0 aliphatic heterocycles. The molecule has 1 aromatic rings. The second kappa shape index (κ2) is 3.70. The molecule has 0 unspecified atom stereocenters. The van der Waals surface area contributed by atoms with Crippen molar-refractivity contribution in [2.45, 2.75) is 13.3 Å². The van der Waals surface area contributed by atoms with Crippen LogP contribution in [-0.2, 0) is 11.2 Å². The molecule has 0 aliphatic carbocycles. The van der Waals surface area contributed by atoms with Crippen molar-refractivity contribution in [3.63, 3.8) is 0 Å². The fourth-order valence-electron chi connectivity index (χ4n) is 0.653. The van der Waals surface area contributed by atoms with Gasteiger partial charge in [-0.2, -0.15) is 4.98 Å². The van der Waals surface area contributed by atoms with Crippen LogP contribution in [0.15, 0.2) is 10.9 Å². The summed E-state index contributed by atoms with van der Waals surface area (Å²) in [7, 11) is 0. The number of carbonyl (C=O) groups excluding carboxylic acids is 1. The lowest BCUT2D eigenvalue weighted by Crippen LogP contribution is -2.22. The van der Waals surface area contributed by atoms with Crippen molar-refractivity contribution >= 4 is 5.91 Å². The Labute approximate surface area is 63.8 Å². The van der Waals surface area contributed by atoms with Gasteiger partial charge in [0.1, 0.15) is 0 Å². The Morgan fingerprint density at radius 1 is 1.82 bits per heavy atom. The summed E-state index contributed by atoms with van der Waals surface area (Å²) in [4.78, 5) is 14.2. The molecule has 11 heavy (non-hydrogen) atoms. The van der Waals surface area contributed by atoms with Crippen LogP contribution in [-0.4, -0.2) is 22.6 Å². The molecule has 1 rings (SSSR count).